The summed E-state index contributed by atoms with van der Waals surface area (Å²) in [7, 11) is 1.56. The molecule has 92 valence electrons. The Labute approximate surface area is 109 Å². The van der Waals surface area contributed by atoms with Crippen LogP contribution in [-0.2, 0) is 4.74 Å². The number of hydrogen-bond acceptors (Lipinski definition) is 4. The fourth-order valence-electron chi connectivity index (χ4n) is 1.32. The van der Waals surface area contributed by atoms with Crippen LogP contribution in [-0.4, -0.2) is 31.5 Å². The van der Waals surface area contributed by atoms with Crippen LogP contribution in [0.3, 0.4) is 0 Å². The first-order valence-corrected chi connectivity index (χ1v) is 6.47. The lowest BCUT2D eigenvalue weighted by Gasteiger charge is -2.16. The molecule has 6 heteroatoms. The quantitative estimate of drug-likeness (QED) is 0.844. The Morgan fingerprint density at radius 1 is 1.56 bits per heavy atom. The van der Waals surface area contributed by atoms with Crippen LogP contribution in [0.5, 0.6) is 0 Å². The Morgan fingerprint density at radius 2 is 2.25 bits per heavy atom. The molecule has 0 aliphatic heterocycles. The van der Waals surface area contributed by atoms with E-state index >= 15 is 0 Å². The third kappa shape index (κ3) is 4.20. The molecule has 3 nitrogen and oxygen atoms in total. The number of halogens is 2. The molecular weight excluding hydrogens is 269 g/mol. The van der Waals surface area contributed by atoms with Gasteiger partial charge < -0.3 is 15.2 Å². The first kappa shape index (κ1) is 14.2. The van der Waals surface area contributed by atoms with Crippen molar-refractivity contribution in [1.29, 1.82) is 0 Å². The summed E-state index contributed by atoms with van der Waals surface area (Å²) in [6.45, 7) is 2.75. The van der Waals surface area contributed by atoms with Crippen LogP contribution in [0.2, 0.25) is 8.67 Å². The van der Waals surface area contributed by atoms with E-state index in [0.29, 0.717) is 21.8 Å². The van der Waals surface area contributed by atoms with E-state index in [9.17, 15) is 5.11 Å². The average molecular weight is 284 g/mol. The maximum atomic E-state index is 9.48. The number of hydrogen-bond donors (Lipinski definition) is 2. The van der Waals surface area contributed by atoms with Crippen LogP contribution in [0, 0.1) is 0 Å². The van der Waals surface area contributed by atoms with E-state index in [1.54, 1.807) is 7.11 Å². The number of ether oxygens (including phenoxy) is 1. The van der Waals surface area contributed by atoms with Gasteiger partial charge in [-0.3, -0.25) is 0 Å². The van der Waals surface area contributed by atoms with E-state index in [-0.39, 0.29) is 6.04 Å². The summed E-state index contributed by atoms with van der Waals surface area (Å²) in [5.41, 5.74) is 0.960. The van der Waals surface area contributed by atoms with Crippen molar-refractivity contribution < 1.29 is 9.84 Å². The predicted molar refractivity (Wildman–Crippen MR) is 68.6 cm³/mol. The van der Waals surface area contributed by atoms with Gasteiger partial charge in [0.15, 0.2) is 0 Å². The number of aliphatic hydroxyl groups excluding tert-OH is 1. The van der Waals surface area contributed by atoms with Gasteiger partial charge in [0.05, 0.1) is 21.4 Å². The lowest BCUT2D eigenvalue weighted by Crippen LogP contribution is -2.31. The first-order valence-electron chi connectivity index (χ1n) is 4.89. The molecule has 1 aromatic rings. The van der Waals surface area contributed by atoms with Gasteiger partial charge in [-0.15, -0.1) is 11.3 Å². The summed E-state index contributed by atoms with van der Waals surface area (Å²) in [6.07, 6.45) is -0.514. The van der Waals surface area contributed by atoms with Gasteiger partial charge in [0, 0.05) is 19.7 Å². The Balaban J connectivity index is 2.46. The van der Waals surface area contributed by atoms with Gasteiger partial charge in [-0.25, -0.2) is 0 Å². The molecule has 0 aromatic carbocycles. The minimum Gasteiger partial charge on any atom is -0.389 e. The van der Waals surface area contributed by atoms with Gasteiger partial charge in [-0.1, -0.05) is 23.2 Å². The lowest BCUT2D eigenvalue weighted by molar-refractivity contribution is 0.0630. The summed E-state index contributed by atoms with van der Waals surface area (Å²) in [5, 5.41) is 12.6. The Kier molecular flexibility index (Phi) is 6.03. The fraction of sp³-hybridized carbons (Fsp3) is 0.600. The fourth-order valence-corrected chi connectivity index (χ4v) is 2.97. The smallest absolute Gasteiger partial charge is 0.0991 e. The van der Waals surface area contributed by atoms with Gasteiger partial charge in [0.1, 0.15) is 0 Å². The van der Waals surface area contributed by atoms with Gasteiger partial charge >= 0.3 is 0 Å². The van der Waals surface area contributed by atoms with Gasteiger partial charge in [0.2, 0.25) is 0 Å². The second-order valence-electron chi connectivity index (χ2n) is 3.52. The minimum absolute atomic E-state index is 0.0581. The van der Waals surface area contributed by atoms with E-state index in [2.05, 4.69) is 5.32 Å². The van der Waals surface area contributed by atoms with Gasteiger partial charge in [0.25, 0.3) is 0 Å². The molecule has 1 heterocycles. The normalized spacial score (nSPS) is 15.1. The van der Waals surface area contributed by atoms with E-state index in [0.717, 1.165) is 5.56 Å². The third-order valence-electron chi connectivity index (χ3n) is 2.17. The highest BCUT2D eigenvalue weighted by Crippen LogP contribution is 2.34. The summed E-state index contributed by atoms with van der Waals surface area (Å²) in [5.74, 6) is 0. The van der Waals surface area contributed by atoms with Crippen molar-refractivity contribution in [1.82, 2.24) is 5.32 Å². The number of thiophene rings is 1. The topological polar surface area (TPSA) is 41.5 Å². The van der Waals surface area contributed by atoms with Crippen LogP contribution in [0.15, 0.2) is 6.07 Å². The van der Waals surface area contributed by atoms with Crippen LogP contribution in [0.1, 0.15) is 18.5 Å². The molecule has 2 N–H and O–H groups in total. The van der Waals surface area contributed by atoms with Crippen molar-refractivity contribution in [3.63, 3.8) is 0 Å². The summed E-state index contributed by atoms with van der Waals surface area (Å²) in [6, 6.07) is 1.90. The molecule has 1 rings (SSSR count). The molecule has 2 unspecified atom stereocenters. The highest BCUT2D eigenvalue weighted by molar-refractivity contribution is 7.20. The molecule has 0 fully saturated rings. The minimum atomic E-state index is -0.514. The molecular formula is C10H15Cl2NO2S. The standard InChI is InChI=1S/C10H15Cl2NO2S/c1-6(13-4-7(14)5-15-2)8-3-9(11)16-10(8)12/h3,6-7,13-14H,4-5H2,1-2H3. The van der Waals surface area contributed by atoms with E-state index < -0.39 is 6.10 Å². The van der Waals surface area contributed by atoms with E-state index in [1.807, 2.05) is 13.0 Å². The van der Waals surface area contributed by atoms with Crippen LogP contribution in [0.4, 0.5) is 0 Å². The molecule has 16 heavy (non-hydrogen) atoms. The molecule has 1 aromatic heterocycles. The highest BCUT2D eigenvalue weighted by Gasteiger charge is 2.14. The number of aliphatic hydroxyl groups is 1. The second-order valence-corrected chi connectivity index (χ2v) is 5.80. The average Bonchev–Trinajstić information content (AvgIpc) is 2.55. The van der Waals surface area contributed by atoms with E-state index in [1.165, 1.54) is 11.3 Å². The summed E-state index contributed by atoms with van der Waals surface area (Å²) >= 11 is 13.2. The molecule has 0 radical (unpaired) electrons. The zero-order valence-electron chi connectivity index (χ0n) is 9.17. The van der Waals surface area contributed by atoms with Gasteiger partial charge in [-0.05, 0) is 18.6 Å². The Morgan fingerprint density at radius 3 is 2.75 bits per heavy atom. The van der Waals surface area contributed by atoms with Crippen molar-refractivity contribution in [2.24, 2.45) is 0 Å². The van der Waals surface area contributed by atoms with Crippen molar-refractivity contribution in [2.75, 3.05) is 20.3 Å². The number of rotatable bonds is 6. The number of nitrogens with one attached hydrogen (secondary N) is 1. The second kappa shape index (κ2) is 6.79. The zero-order chi connectivity index (χ0) is 12.1. The summed E-state index contributed by atoms with van der Waals surface area (Å²) < 4.78 is 6.19. The van der Waals surface area contributed by atoms with Crippen molar-refractivity contribution in [3.8, 4) is 0 Å². The number of methoxy groups -OCH3 is 1. The van der Waals surface area contributed by atoms with E-state index in [4.69, 9.17) is 27.9 Å². The van der Waals surface area contributed by atoms with Crippen LogP contribution in [0.25, 0.3) is 0 Å². The third-order valence-corrected chi connectivity index (χ3v) is 3.69. The first-order chi connectivity index (χ1) is 7.54. The van der Waals surface area contributed by atoms with Crippen molar-refractivity contribution >= 4 is 34.5 Å². The molecule has 0 amide bonds. The predicted octanol–water partition coefficient (Wildman–Crippen LogP) is 2.71. The molecule has 0 aliphatic carbocycles. The van der Waals surface area contributed by atoms with Crippen molar-refractivity contribution in [2.45, 2.75) is 19.1 Å². The van der Waals surface area contributed by atoms with Crippen LogP contribution >= 0.6 is 34.5 Å². The molecule has 0 saturated carbocycles. The maximum Gasteiger partial charge on any atom is 0.0991 e. The highest BCUT2D eigenvalue weighted by atomic mass is 35.5. The molecule has 0 spiro atoms. The van der Waals surface area contributed by atoms with Gasteiger partial charge in [-0.2, -0.15) is 0 Å². The lowest BCUT2D eigenvalue weighted by atomic mass is 10.2. The molecule has 0 bridgehead atoms. The maximum absolute atomic E-state index is 9.48. The molecule has 0 aliphatic rings. The zero-order valence-corrected chi connectivity index (χ0v) is 11.5. The SMILES string of the molecule is COCC(O)CNC(C)c1cc(Cl)sc1Cl. The Hall–Kier alpha value is 0.160. The molecule has 2 atom stereocenters. The Bertz CT molecular complexity index is 333. The largest absolute Gasteiger partial charge is 0.389 e. The van der Waals surface area contributed by atoms with Crippen molar-refractivity contribution in [3.05, 3.63) is 20.3 Å². The summed E-state index contributed by atoms with van der Waals surface area (Å²) in [4.78, 5) is 0. The molecule has 0 saturated heterocycles. The monoisotopic (exact) mass is 283 g/mol. The van der Waals surface area contributed by atoms with Crippen LogP contribution < -0.4 is 5.32 Å².